The van der Waals surface area contributed by atoms with Crippen molar-refractivity contribution in [2.24, 2.45) is 11.8 Å². The summed E-state index contributed by atoms with van der Waals surface area (Å²) >= 11 is 6.79. The molecule has 0 bridgehead atoms. The summed E-state index contributed by atoms with van der Waals surface area (Å²) in [5, 5.41) is 0. The van der Waals surface area contributed by atoms with Crippen molar-refractivity contribution in [2.75, 3.05) is 0 Å². The van der Waals surface area contributed by atoms with Gasteiger partial charge in [0.15, 0.2) is 11.6 Å². The van der Waals surface area contributed by atoms with Crippen molar-refractivity contribution >= 4 is 23.2 Å². The van der Waals surface area contributed by atoms with Gasteiger partial charge in [0.2, 0.25) is 0 Å². The first-order valence-corrected chi connectivity index (χ1v) is 13.1. The van der Waals surface area contributed by atoms with E-state index in [1.807, 2.05) is 0 Å². The summed E-state index contributed by atoms with van der Waals surface area (Å²) in [6.07, 6.45) is 11.9. The predicted molar refractivity (Wildman–Crippen MR) is 139 cm³/mol. The van der Waals surface area contributed by atoms with Crippen molar-refractivity contribution in [3.8, 4) is 0 Å². The van der Waals surface area contributed by atoms with E-state index in [0.29, 0.717) is 35.1 Å². The largest absolute Gasteiger partial charge is 0.289 e. The lowest BCUT2D eigenvalue weighted by molar-refractivity contribution is -0.116. The Balaban J connectivity index is 2.33. The molecule has 2 unspecified atom stereocenters. The minimum Gasteiger partial charge on any atom is -0.289 e. The minimum atomic E-state index is -0.369. The molecule has 2 atom stereocenters. The smallest absolute Gasteiger partial charge is 0.185 e. The van der Waals surface area contributed by atoms with Gasteiger partial charge < -0.3 is 0 Å². The summed E-state index contributed by atoms with van der Waals surface area (Å²) in [7, 11) is 0. The van der Waals surface area contributed by atoms with E-state index in [1.54, 1.807) is 20.8 Å². The molecule has 3 heteroatoms. The maximum Gasteiger partial charge on any atom is 0.185 e. The van der Waals surface area contributed by atoms with Crippen LogP contribution in [0.1, 0.15) is 119 Å². The maximum atomic E-state index is 12.6. The fraction of sp³-hybridized carbons (Fsp3) is 0.724. The van der Waals surface area contributed by atoms with E-state index in [0.717, 1.165) is 37.5 Å². The number of rotatable bonds is 15. The number of hydrogen-bond donors (Lipinski definition) is 0. The lowest BCUT2D eigenvalue weighted by Crippen LogP contribution is -2.23. The van der Waals surface area contributed by atoms with Gasteiger partial charge in [-0.05, 0) is 84.5 Å². The zero-order chi connectivity index (χ0) is 24.5. The van der Waals surface area contributed by atoms with Gasteiger partial charge in [-0.3, -0.25) is 9.59 Å². The Morgan fingerprint density at radius 1 is 0.844 bits per heavy atom. The zero-order valence-electron chi connectivity index (χ0n) is 21.8. The van der Waals surface area contributed by atoms with Gasteiger partial charge in [0.05, 0.1) is 0 Å². The number of alkyl halides is 1. The topological polar surface area (TPSA) is 34.1 Å². The Morgan fingerprint density at radius 2 is 1.41 bits per heavy atom. The molecule has 32 heavy (non-hydrogen) atoms. The standard InChI is InChI=1S/C29H47ClO2/c1-20(2)12-9-13-21(3)14-10-15-22(4)16-11-18-29(8,30)19-17-26-25(7)27(31)23(5)24(6)28(26)32/h20-21H,4,9-19H2,1-3,5-8H3. The highest BCUT2D eigenvalue weighted by Gasteiger charge is 2.29. The Hall–Kier alpha value is -1.15. The van der Waals surface area contributed by atoms with Crippen molar-refractivity contribution in [1.29, 1.82) is 0 Å². The third-order valence-corrected chi connectivity index (χ3v) is 7.52. The number of carbonyl (C=O) groups is 2. The van der Waals surface area contributed by atoms with Gasteiger partial charge in [0.25, 0.3) is 0 Å². The van der Waals surface area contributed by atoms with Crippen LogP contribution < -0.4 is 0 Å². The summed E-state index contributed by atoms with van der Waals surface area (Å²) in [6, 6.07) is 0. The van der Waals surface area contributed by atoms with Gasteiger partial charge in [-0.2, -0.15) is 0 Å². The molecule has 0 aliphatic heterocycles. The van der Waals surface area contributed by atoms with Crippen LogP contribution >= 0.6 is 11.6 Å². The van der Waals surface area contributed by atoms with Crippen molar-refractivity contribution in [2.45, 2.75) is 124 Å². The van der Waals surface area contributed by atoms with E-state index in [4.69, 9.17) is 11.6 Å². The lowest BCUT2D eigenvalue weighted by atomic mass is 9.82. The highest BCUT2D eigenvalue weighted by Crippen LogP contribution is 2.34. The van der Waals surface area contributed by atoms with Gasteiger partial charge in [-0.1, -0.05) is 58.6 Å². The Labute approximate surface area is 203 Å². The highest BCUT2D eigenvalue weighted by atomic mass is 35.5. The van der Waals surface area contributed by atoms with Crippen LogP contribution in [0.3, 0.4) is 0 Å². The van der Waals surface area contributed by atoms with Crippen LogP contribution in [0.15, 0.2) is 34.4 Å². The molecule has 0 aromatic heterocycles. The second-order valence-corrected chi connectivity index (χ2v) is 11.8. The molecule has 1 aliphatic carbocycles. The van der Waals surface area contributed by atoms with Gasteiger partial charge in [-0.25, -0.2) is 0 Å². The molecule has 1 aliphatic rings. The molecule has 0 saturated carbocycles. The third kappa shape index (κ3) is 9.77. The summed E-state index contributed by atoms with van der Waals surface area (Å²) in [5.41, 5.74) is 3.73. The summed E-state index contributed by atoms with van der Waals surface area (Å²) in [6.45, 7) is 18.6. The maximum absolute atomic E-state index is 12.6. The zero-order valence-corrected chi connectivity index (χ0v) is 22.6. The summed E-state index contributed by atoms with van der Waals surface area (Å²) < 4.78 is 0. The van der Waals surface area contributed by atoms with Gasteiger partial charge in [-0.15, -0.1) is 11.6 Å². The van der Waals surface area contributed by atoms with Crippen LogP contribution in [0.25, 0.3) is 0 Å². The second kappa shape index (κ2) is 13.5. The number of ketones is 2. The first-order valence-electron chi connectivity index (χ1n) is 12.7. The monoisotopic (exact) mass is 462 g/mol. The molecule has 0 radical (unpaired) electrons. The Morgan fingerprint density at radius 3 is 2.03 bits per heavy atom. The molecule has 182 valence electrons. The first-order chi connectivity index (χ1) is 14.9. The van der Waals surface area contributed by atoms with Crippen LogP contribution in [-0.2, 0) is 9.59 Å². The quantitative estimate of drug-likeness (QED) is 0.138. The van der Waals surface area contributed by atoms with Crippen molar-refractivity contribution < 1.29 is 9.59 Å². The predicted octanol–water partition coefficient (Wildman–Crippen LogP) is 8.93. The molecule has 0 saturated heterocycles. The van der Waals surface area contributed by atoms with E-state index < -0.39 is 0 Å². The SMILES string of the molecule is C=C(CCCC(C)CCCC(C)C)CCCC(C)(Cl)CCC1=C(C)C(=O)C(C)=C(C)C1=O. The fourth-order valence-electron chi connectivity index (χ4n) is 4.52. The fourth-order valence-corrected chi connectivity index (χ4v) is 4.75. The first kappa shape index (κ1) is 28.9. The molecule has 1 rings (SSSR count). The Bertz CT molecular complexity index is 736. The number of hydrogen-bond acceptors (Lipinski definition) is 2. The van der Waals surface area contributed by atoms with E-state index >= 15 is 0 Å². The second-order valence-electron chi connectivity index (χ2n) is 10.9. The number of carbonyl (C=O) groups excluding carboxylic acids is 2. The summed E-state index contributed by atoms with van der Waals surface area (Å²) in [5.74, 6) is 1.63. The van der Waals surface area contributed by atoms with Gasteiger partial charge in [0, 0.05) is 27.2 Å². The molecular formula is C29H47ClO2. The number of allylic oxidation sites excluding steroid dienone is 5. The molecule has 0 aromatic carbocycles. The van der Waals surface area contributed by atoms with Crippen LogP contribution in [0.5, 0.6) is 0 Å². The van der Waals surface area contributed by atoms with Crippen LogP contribution in [0.4, 0.5) is 0 Å². The van der Waals surface area contributed by atoms with Crippen molar-refractivity contribution in [3.05, 3.63) is 34.4 Å². The van der Waals surface area contributed by atoms with Crippen LogP contribution in [0.2, 0.25) is 0 Å². The van der Waals surface area contributed by atoms with E-state index in [9.17, 15) is 9.59 Å². The normalized spacial score (nSPS) is 17.9. The molecule has 0 N–H and O–H groups in total. The average Bonchev–Trinajstić information content (AvgIpc) is 2.70. The third-order valence-electron chi connectivity index (χ3n) is 7.14. The highest BCUT2D eigenvalue weighted by molar-refractivity contribution is 6.25. The van der Waals surface area contributed by atoms with Crippen LogP contribution in [0, 0.1) is 11.8 Å². The summed E-state index contributed by atoms with van der Waals surface area (Å²) in [4.78, 5) is 24.6. The van der Waals surface area contributed by atoms with Crippen molar-refractivity contribution in [1.82, 2.24) is 0 Å². The minimum absolute atomic E-state index is 0.00100. The molecule has 2 nitrogen and oxygen atoms in total. The lowest BCUT2D eigenvalue weighted by Gasteiger charge is -2.25. The molecule has 0 amide bonds. The van der Waals surface area contributed by atoms with E-state index in [-0.39, 0.29) is 16.4 Å². The van der Waals surface area contributed by atoms with Gasteiger partial charge >= 0.3 is 0 Å². The van der Waals surface area contributed by atoms with Crippen molar-refractivity contribution in [3.63, 3.8) is 0 Å². The molecule has 0 spiro atoms. The molecule has 0 aromatic rings. The van der Waals surface area contributed by atoms with Crippen LogP contribution in [-0.4, -0.2) is 16.4 Å². The number of Topliss-reactive ketones (excluding diaryl/α,β-unsaturated/α-hetero) is 2. The molecule has 0 fully saturated rings. The molecule has 0 heterocycles. The van der Waals surface area contributed by atoms with E-state index in [1.165, 1.54) is 37.7 Å². The Kier molecular flexibility index (Phi) is 12.2. The van der Waals surface area contributed by atoms with E-state index in [2.05, 4.69) is 34.3 Å². The number of halogens is 1. The van der Waals surface area contributed by atoms with Gasteiger partial charge in [0.1, 0.15) is 0 Å². The molecular weight excluding hydrogens is 416 g/mol. The average molecular weight is 463 g/mol.